The second kappa shape index (κ2) is 8.59. The molecule has 2 aliphatic rings. The van der Waals surface area contributed by atoms with Gasteiger partial charge in [-0.3, -0.25) is 9.69 Å². The summed E-state index contributed by atoms with van der Waals surface area (Å²) in [6.45, 7) is 2.89. The first-order chi connectivity index (χ1) is 11.9. The average Bonchev–Trinajstić information content (AvgIpc) is 3.34. The summed E-state index contributed by atoms with van der Waals surface area (Å²) in [6, 6.07) is 4.84. The Kier molecular flexibility index (Phi) is 6.93. The maximum atomic E-state index is 13.1. The van der Waals surface area contributed by atoms with Gasteiger partial charge in [0.1, 0.15) is 0 Å². The minimum atomic E-state index is -4.54. The van der Waals surface area contributed by atoms with Crippen LogP contribution in [0.3, 0.4) is 0 Å². The molecular formula is C18H24ClF3N2O2. The molecule has 0 spiro atoms. The third-order valence-electron chi connectivity index (χ3n) is 5.07. The van der Waals surface area contributed by atoms with Crippen molar-refractivity contribution in [3.63, 3.8) is 0 Å². The molecule has 1 aliphatic heterocycles. The SMILES string of the molecule is COCCN1C[C@H](NC(=O)c2ccccc2C(F)(F)F)[C@@H](C2CC2)C1.Cl. The van der Waals surface area contributed by atoms with Gasteiger partial charge in [0.15, 0.2) is 0 Å². The zero-order chi connectivity index (χ0) is 18.0. The maximum Gasteiger partial charge on any atom is 0.417 e. The van der Waals surface area contributed by atoms with Crippen molar-refractivity contribution < 1.29 is 22.7 Å². The van der Waals surface area contributed by atoms with Gasteiger partial charge in [-0.2, -0.15) is 13.2 Å². The van der Waals surface area contributed by atoms with Gasteiger partial charge < -0.3 is 10.1 Å². The Morgan fingerprint density at radius 1 is 1.27 bits per heavy atom. The molecule has 1 aliphatic carbocycles. The van der Waals surface area contributed by atoms with E-state index in [2.05, 4.69) is 10.2 Å². The van der Waals surface area contributed by atoms with E-state index in [1.807, 2.05) is 0 Å². The first-order valence-corrected chi connectivity index (χ1v) is 8.58. The highest BCUT2D eigenvalue weighted by atomic mass is 35.5. The second-order valence-electron chi connectivity index (χ2n) is 6.88. The van der Waals surface area contributed by atoms with Gasteiger partial charge in [0.25, 0.3) is 5.91 Å². The molecule has 2 atom stereocenters. The van der Waals surface area contributed by atoms with Gasteiger partial charge in [-0.1, -0.05) is 12.1 Å². The first-order valence-electron chi connectivity index (χ1n) is 8.58. The van der Waals surface area contributed by atoms with Crippen molar-refractivity contribution in [1.82, 2.24) is 10.2 Å². The van der Waals surface area contributed by atoms with Crippen LogP contribution in [-0.2, 0) is 10.9 Å². The number of rotatable bonds is 6. The zero-order valence-corrected chi connectivity index (χ0v) is 15.4. The fourth-order valence-electron chi connectivity index (χ4n) is 3.65. The van der Waals surface area contributed by atoms with Crippen LogP contribution in [0.4, 0.5) is 13.2 Å². The topological polar surface area (TPSA) is 41.6 Å². The van der Waals surface area contributed by atoms with E-state index in [-0.39, 0.29) is 24.0 Å². The lowest BCUT2D eigenvalue weighted by molar-refractivity contribution is -0.137. The van der Waals surface area contributed by atoms with Crippen LogP contribution in [-0.4, -0.2) is 50.2 Å². The molecule has 0 bridgehead atoms. The minimum absolute atomic E-state index is 0. The van der Waals surface area contributed by atoms with Crippen LogP contribution in [0.5, 0.6) is 0 Å². The van der Waals surface area contributed by atoms with Gasteiger partial charge in [-0.25, -0.2) is 0 Å². The molecule has 1 N–H and O–H groups in total. The van der Waals surface area contributed by atoms with E-state index in [9.17, 15) is 18.0 Å². The Hall–Kier alpha value is -1.31. The number of benzene rings is 1. The highest BCUT2D eigenvalue weighted by Crippen LogP contribution is 2.41. The van der Waals surface area contributed by atoms with Gasteiger partial charge in [-0.15, -0.1) is 12.4 Å². The Balaban J connectivity index is 0.00000243. The van der Waals surface area contributed by atoms with E-state index >= 15 is 0 Å². The standard InChI is InChI=1S/C18H23F3N2O2.ClH/c1-25-9-8-23-10-14(12-6-7-12)16(11-23)22-17(24)13-4-2-3-5-15(13)18(19,20)21;/h2-5,12,14,16H,6-11H2,1H3,(H,22,24);1H/t14-,16+;/m1./s1. The number of ether oxygens (including phenoxy) is 1. The number of methoxy groups -OCH3 is 1. The lowest BCUT2D eigenvalue weighted by atomic mass is 9.97. The summed E-state index contributed by atoms with van der Waals surface area (Å²) in [5.74, 6) is 0.228. The van der Waals surface area contributed by atoms with Crippen LogP contribution >= 0.6 is 12.4 Å². The third-order valence-corrected chi connectivity index (χ3v) is 5.07. The molecule has 1 saturated carbocycles. The summed E-state index contributed by atoms with van der Waals surface area (Å²) in [5.41, 5.74) is -1.19. The summed E-state index contributed by atoms with van der Waals surface area (Å²) in [7, 11) is 1.64. The van der Waals surface area contributed by atoms with E-state index in [1.54, 1.807) is 7.11 Å². The van der Waals surface area contributed by atoms with Crippen molar-refractivity contribution in [1.29, 1.82) is 0 Å². The minimum Gasteiger partial charge on any atom is -0.383 e. The van der Waals surface area contributed by atoms with Gasteiger partial charge in [0, 0.05) is 32.8 Å². The number of alkyl halides is 3. The highest BCUT2D eigenvalue weighted by molar-refractivity contribution is 5.96. The number of halogens is 4. The number of amides is 1. The van der Waals surface area contributed by atoms with E-state index in [0.717, 1.165) is 32.0 Å². The molecule has 4 nitrogen and oxygen atoms in total. The predicted octanol–water partition coefficient (Wildman–Crippen LogP) is 3.21. The zero-order valence-electron chi connectivity index (χ0n) is 14.6. The molecule has 3 rings (SSSR count). The summed E-state index contributed by atoms with van der Waals surface area (Å²) in [4.78, 5) is 14.7. The molecule has 1 aromatic rings. The number of hydrogen-bond donors (Lipinski definition) is 1. The van der Waals surface area contributed by atoms with Crippen LogP contribution in [0.1, 0.15) is 28.8 Å². The fraction of sp³-hybridized carbons (Fsp3) is 0.611. The largest absolute Gasteiger partial charge is 0.417 e. The van der Waals surface area contributed by atoms with Gasteiger partial charge >= 0.3 is 6.18 Å². The van der Waals surface area contributed by atoms with Crippen LogP contribution in [0.15, 0.2) is 24.3 Å². The van der Waals surface area contributed by atoms with Crippen molar-refractivity contribution >= 4 is 18.3 Å². The van der Waals surface area contributed by atoms with Gasteiger partial charge in [0.05, 0.1) is 17.7 Å². The van der Waals surface area contributed by atoms with Crippen LogP contribution in [0.25, 0.3) is 0 Å². The average molecular weight is 393 g/mol. The van der Waals surface area contributed by atoms with E-state index in [4.69, 9.17) is 4.74 Å². The van der Waals surface area contributed by atoms with Crippen molar-refractivity contribution in [2.45, 2.75) is 25.1 Å². The Morgan fingerprint density at radius 3 is 2.58 bits per heavy atom. The summed E-state index contributed by atoms with van der Waals surface area (Å²) < 4.78 is 44.5. The quantitative estimate of drug-likeness (QED) is 0.808. The Bertz CT molecular complexity index is 623. The van der Waals surface area contributed by atoms with Crippen LogP contribution < -0.4 is 5.32 Å². The molecule has 1 heterocycles. The molecule has 1 amide bonds. The molecule has 0 radical (unpaired) electrons. The number of carbonyl (C=O) groups is 1. The number of likely N-dealkylation sites (tertiary alicyclic amines) is 1. The number of nitrogens with zero attached hydrogens (tertiary/aromatic N) is 1. The summed E-state index contributed by atoms with van der Waals surface area (Å²) in [6.07, 6.45) is -2.27. The lowest BCUT2D eigenvalue weighted by Crippen LogP contribution is -2.42. The van der Waals surface area contributed by atoms with Gasteiger partial charge in [-0.05, 0) is 36.8 Å². The van der Waals surface area contributed by atoms with Crippen molar-refractivity contribution in [3.8, 4) is 0 Å². The Morgan fingerprint density at radius 2 is 1.96 bits per heavy atom. The van der Waals surface area contributed by atoms with E-state index < -0.39 is 17.6 Å². The van der Waals surface area contributed by atoms with Crippen molar-refractivity contribution in [2.75, 3.05) is 33.4 Å². The second-order valence-corrected chi connectivity index (χ2v) is 6.88. The maximum absolute atomic E-state index is 13.1. The number of carbonyl (C=O) groups excluding carboxylic acids is 1. The molecule has 1 aromatic carbocycles. The molecule has 0 aromatic heterocycles. The molecule has 2 fully saturated rings. The highest BCUT2D eigenvalue weighted by Gasteiger charge is 2.43. The van der Waals surface area contributed by atoms with E-state index in [0.29, 0.717) is 25.0 Å². The lowest BCUT2D eigenvalue weighted by Gasteiger charge is -2.21. The third kappa shape index (κ3) is 4.90. The molecule has 146 valence electrons. The van der Waals surface area contributed by atoms with Gasteiger partial charge in [0.2, 0.25) is 0 Å². The number of nitrogens with one attached hydrogen (secondary N) is 1. The van der Waals surface area contributed by atoms with Crippen molar-refractivity contribution in [2.24, 2.45) is 11.8 Å². The molecule has 8 heteroatoms. The van der Waals surface area contributed by atoms with Crippen molar-refractivity contribution in [3.05, 3.63) is 35.4 Å². The smallest absolute Gasteiger partial charge is 0.383 e. The van der Waals surface area contributed by atoms with E-state index in [1.165, 1.54) is 18.2 Å². The predicted molar refractivity (Wildman–Crippen MR) is 94.5 cm³/mol. The summed E-state index contributed by atoms with van der Waals surface area (Å²) >= 11 is 0. The van der Waals surface area contributed by atoms with Crippen LogP contribution in [0.2, 0.25) is 0 Å². The normalized spacial score (nSPS) is 23.5. The molecule has 0 unspecified atom stereocenters. The fourth-order valence-corrected chi connectivity index (χ4v) is 3.65. The first kappa shape index (κ1) is 21.0. The molecule has 1 saturated heterocycles. The Labute approximate surface area is 157 Å². The summed E-state index contributed by atoms with van der Waals surface area (Å²) in [5, 5.41) is 2.86. The monoisotopic (exact) mass is 392 g/mol. The molecular weight excluding hydrogens is 369 g/mol. The number of hydrogen-bond acceptors (Lipinski definition) is 3. The van der Waals surface area contributed by atoms with Crippen LogP contribution in [0, 0.1) is 11.8 Å². The molecule has 26 heavy (non-hydrogen) atoms.